The number of terminal acetylenes is 1. The van der Waals surface area contributed by atoms with Crippen molar-refractivity contribution in [3.8, 4) is 12.3 Å². The first-order valence-corrected chi connectivity index (χ1v) is 10.1. The van der Waals surface area contributed by atoms with E-state index in [0.717, 1.165) is 14.1 Å². The summed E-state index contributed by atoms with van der Waals surface area (Å²) in [6, 6.07) is 3.62. The molecule has 1 rings (SSSR count). The highest BCUT2D eigenvalue weighted by molar-refractivity contribution is 7.36. The van der Waals surface area contributed by atoms with Crippen molar-refractivity contribution < 1.29 is 4.79 Å². The number of hydrogen-bond donors (Lipinski definition) is 1. The third-order valence-electron chi connectivity index (χ3n) is 2.43. The normalized spacial score (nSPS) is 8.65. The molecule has 0 radical (unpaired) electrons. The van der Waals surface area contributed by atoms with E-state index in [1.165, 1.54) is 12.6 Å². The number of rotatable bonds is 3. The van der Waals surface area contributed by atoms with Gasteiger partial charge in [-0.2, -0.15) is 0 Å². The van der Waals surface area contributed by atoms with Crippen LogP contribution in [0.1, 0.15) is 58.6 Å². The standard InChI is InChI=1S/C9H8ClN.C4H8O.C4H11P.C2H6/c1-3-7-4-6(2)5-8(10)9(7)11;1-3-4(2)5;1-3-4-5-2;1-2/h1,4-5H,11H2,2H3;3H2,1-2H3;5H,3-4H2,1-2H3;1-2H3. The molecular weight excluding hydrogens is 325 g/mol. The minimum Gasteiger partial charge on any atom is -0.397 e. The number of ketones is 1. The lowest BCUT2D eigenvalue weighted by Crippen LogP contribution is -1.92. The van der Waals surface area contributed by atoms with E-state index in [-0.39, 0.29) is 5.78 Å². The minimum atomic E-state index is 0.255. The Balaban J connectivity index is -0.000000282. The number of carbonyl (C=O) groups is 1. The van der Waals surface area contributed by atoms with Crippen molar-refractivity contribution in [2.24, 2.45) is 0 Å². The van der Waals surface area contributed by atoms with Crippen LogP contribution in [-0.2, 0) is 4.79 Å². The highest BCUT2D eigenvalue weighted by Gasteiger charge is 2.01. The average molecular weight is 358 g/mol. The van der Waals surface area contributed by atoms with Gasteiger partial charge >= 0.3 is 0 Å². The predicted molar refractivity (Wildman–Crippen MR) is 110 cm³/mol. The number of benzene rings is 1. The molecule has 1 aromatic carbocycles. The zero-order valence-electron chi connectivity index (χ0n) is 15.7. The van der Waals surface area contributed by atoms with Crippen LogP contribution < -0.4 is 5.73 Å². The molecule has 0 aliphatic rings. The summed E-state index contributed by atoms with van der Waals surface area (Å²) < 4.78 is 0. The van der Waals surface area contributed by atoms with Gasteiger partial charge in [-0.15, -0.1) is 15.0 Å². The Morgan fingerprint density at radius 2 is 1.83 bits per heavy atom. The summed E-state index contributed by atoms with van der Waals surface area (Å²) >= 11 is 5.78. The molecule has 4 heteroatoms. The molecular formula is C19H33ClNOP. The number of nitrogen functional groups attached to an aromatic ring is 1. The van der Waals surface area contributed by atoms with E-state index < -0.39 is 0 Å². The van der Waals surface area contributed by atoms with Gasteiger partial charge in [-0.05, 0) is 44.4 Å². The number of Topliss-reactive ketones (excluding diaryl/α,β-unsaturated/α-hetero) is 1. The van der Waals surface area contributed by atoms with Crippen LogP contribution in [-0.4, -0.2) is 18.6 Å². The first kappa shape index (κ1) is 26.8. The second-order valence-electron chi connectivity index (χ2n) is 4.51. The first-order valence-electron chi connectivity index (χ1n) is 8.00. The van der Waals surface area contributed by atoms with Crippen molar-refractivity contribution in [1.82, 2.24) is 0 Å². The largest absolute Gasteiger partial charge is 0.397 e. The summed E-state index contributed by atoms with van der Waals surface area (Å²) in [7, 11) is 1.16. The lowest BCUT2D eigenvalue weighted by atomic mass is 10.1. The fraction of sp³-hybridized carbons (Fsp3) is 0.526. The Hall–Kier alpha value is -1.03. The van der Waals surface area contributed by atoms with Crippen LogP contribution in [0.5, 0.6) is 0 Å². The Labute approximate surface area is 150 Å². The molecule has 0 aliphatic heterocycles. The van der Waals surface area contributed by atoms with Gasteiger partial charge in [0.2, 0.25) is 0 Å². The number of hydrogen-bond acceptors (Lipinski definition) is 2. The third-order valence-corrected chi connectivity index (χ3v) is 3.74. The molecule has 2 nitrogen and oxygen atoms in total. The molecule has 1 aromatic rings. The average Bonchev–Trinajstić information content (AvgIpc) is 2.54. The van der Waals surface area contributed by atoms with Gasteiger partial charge in [0, 0.05) is 12.0 Å². The number of nitrogens with two attached hydrogens (primary N) is 1. The van der Waals surface area contributed by atoms with Gasteiger partial charge < -0.3 is 10.5 Å². The van der Waals surface area contributed by atoms with Gasteiger partial charge in [-0.25, -0.2) is 0 Å². The molecule has 0 bridgehead atoms. The molecule has 0 spiro atoms. The van der Waals surface area contributed by atoms with Crippen molar-refractivity contribution in [2.75, 3.05) is 18.6 Å². The zero-order valence-corrected chi connectivity index (χ0v) is 17.5. The summed E-state index contributed by atoms with van der Waals surface area (Å²) in [5.41, 5.74) is 7.76. The van der Waals surface area contributed by atoms with Crippen LogP contribution in [0.4, 0.5) is 5.69 Å². The van der Waals surface area contributed by atoms with Gasteiger partial charge in [-0.1, -0.05) is 51.6 Å². The summed E-state index contributed by atoms with van der Waals surface area (Å²) in [5.74, 6) is 2.72. The highest BCUT2D eigenvalue weighted by Crippen LogP contribution is 2.23. The molecule has 1 atom stereocenters. The zero-order chi connectivity index (χ0) is 18.8. The second-order valence-corrected chi connectivity index (χ2v) is 6.13. The lowest BCUT2D eigenvalue weighted by Gasteiger charge is -2.02. The van der Waals surface area contributed by atoms with E-state index in [4.69, 9.17) is 23.8 Å². The van der Waals surface area contributed by atoms with Crippen LogP contribution in [0.3, 0.4) is 0 Å². The molecule has 0 amide bonds. The quantitative estimate of drug-likeness (QED) is 0.414. The molecule has 0 aromatic heterocycles. The summed E-state index contributed by atoms with van der Waals surface area (Å²) in [6.45, 7) is 13.8. The number of anilines is 1. The van der Waals surface area contributed by atoms with E-state index in [9.17, 15) is 4.79 Å². The van der Waals surface area contributed by atoms with Crippen molar-refractivity contribution in [3.63, 3.8) is 0 Å². The fourth-order valence-corrected chi connectivity index (χ4v) is 1.90. The maximum Gasteiger partial charge on any atom is 0.129 e. The highest BCUT2D eigenvalue weighted by atomic mass is 35.5. The van der Waals surface area contributed by atoms with Crippen LogP contribution in [0.25, 0.3) is 0 Å². The smallest absolute Gasteiger partial charge is 0.129 e. The molecule has 1 unspecified atom stereocenters. The molecule has 23 heavy (non-hydrogen) atoms. The van der Waals surface area contributed by atoms with Gasteiger partial charge in [0.25, 0.3) is 0 Å². The maximum atomic E-state index is 9.81. The molecule has 0 saturated carbocycles. The SMILES string of the molecule is C#Cc1cc(C)cc(Cl)c1N.CC.CCC(C)=O.CCCPC. The Morgan fingerprint density at radius 3 is 2.09 bits per heavy atom. The Morgan fingerprint density at radius 1 is 1.35 bits per heavy atom. The Kier molecular flexibility index (Phi) is 22.2. The first-order chi connectivity index (χ1) is 10.8. The minimum absolute atomic E-state index is 0.255. The van der Waals surface area contributed by atoms with Crippen LogP contribution in [0.15, 0.2) is 12.1 Å². The Bertz CT molecular complexity index is 465. The monoisotopic (exact) mass is 357 g/mol. The van der Waals surface area contributed by atoms with E-state index in [1.54, 1.807) is 13.0 Å². The summed E-state index contributed by atoms with van der Waals surface area (Å²) in [4.78, 5) is 9.81. The molecule has 132 valence electrons. The fourth-order valence-electron chi connectivity index (χ4n) is 1.12. The van der Waals surface area contributed by atoms with Crippen molar-refractivity contribution in [1.29, 1.82) is 0 Å². The topological polar surface area (TPSA) is 43.1 Å². The van der Waals surface area contributed by atoms with Crippen molar-refractivity contribution in [2.45, 2.75) is 54.4 Å². The van der Waals surface area contributed by atoms with E-state index in [0.29, 0.717) is 22.7 Å². The van der Waals surface area contributed by atoms with E-state index in [2.05, 4.69) is 19.5 Å². The molecule has 2 N–H and O–H groups in total. The van der Waals surface area contributed by atoms with Crippen molar-refractivity contribution >= 4 is 31.7 Å². The lowest BCUT2D eigenvalue weighted by molar-refractivity contribution is -0.116. The number of aryl methyl sites for hydroxylation is 1. The summed E-state index contributed by atoms with van der Waals surface area (Å²) in [5, 5.41) is 0.526. The van der Waals surface area contributed by atoms with Crippen LogP contribution in [0, 0.1) is 19.3 Å². The van der Waals surface area contributed by atoms with Gasteiger partial charge in [-0.3, -0.25) is 0 Å². The van der Waals surface area contributed by atoms with Crippen LogP contribution >= 0.6 is 20.2 Å². The van der Waals surface area contributed by atoms with Gasteiger partial charge in [0.15, 0.2) is 0 Å². The van der Waals surface area contributed by atoms with Gasteiger partial charge in [0.05, 0.1) is 10.7 Å². The third kappa shape index (κ3) is 17.2. The van der Waals surface area contributed by atoms with E-state index in [1.807, 2.05) is 33.8 Å². The molecule has 0 fully saturated rings. The summed E-state index contributed by atoms with van der Waals surface area (Å²) in [6.07, 6.45) is 8.64. The van der Waals surface area contributed by atoms with E-state index >= 15 is 0 Å². The number of halogens is 1. The second kappa shape index (κ2) is 19.0. The number of carbonyl (C=O) groups excluding carboxylic acids is 1. The molecule has 0 aliphatic carbocycles. The van der Waals surface area contributed by atoms with Gasteiger partial charge in [0.1, 0.15) is 5.78 Å². The maximum absolute atomic E-state index is 9.81. The van der Waals surface area contributed by atoms with Crippen LogP contribution in [0.2, 0.25) is 5.02 Å². The molecule has 0 heterocycles. The van der Waals surface area contributed by atoms with Crippen molar-refractivity contribution in [3.05, 3.63) is 28.3 Å². The predicted octanol–water partition coefficient (Wildman–Crippen LogP) is 5.93. The molecule has 0 saturated heterocycles.